The van der Waals surface area contributed by atoms with Gasteiger partial charge in [-0.1, -0.05) is 17.3 Å². The van der Waals surface area contributed by atoms with Crippen molar-refractivity contribution in [3.05, 3.63) is 28.3 Å². The Morgan fingerprint density at radius 2 is 2.25 bits per heavy atom. The summed E-state index contributed by atoms with van der Waals surface area (Å²) in [5.74, 6) is 0.971. The van der Waals surface area contributed by atoms with Crippen molar-refractivity contribution in [3.8, 4) is 0 Å². The maximum atomic E-state index is 12.2. The zero-order valence-corrected chi connectivity index (χ0v) is 11.1. The van der Waals surface area contributed by atoms with Crippen molar-refractivity contribution in [2.75, 3.05) is 0 Å². The maximum absolute atomic E-state index is 12.2. The van der Waals surface area contributed by atoms with Crippen molar-refractivity contribution in [2.24, 2.45) is 7.05 Å². The van der Waals surface area contributed by atoms with Gasteiger partial charge in [0.15, 0.2) is 11.5 Å². The van der Waals surface area contributed by atoms with E-state index in [2.05, 4.69) is 25.6 Å². The molecule has 3 aromatic heterocycles. The monoisotopic (exact) mass is 275 g/mol. The topological polar surface area (TPSA) is 105 Å². The highest BCUT2D eigenvalue weighted by molar-refractivity contribution is 5.72. The van der Waals surface area contributed by atoms with Crippen molar-refractivity contribution >= 4 is 11.0 Å². The third-order valence-corrected chi connectivity index (χ3v) is 2.89. The molecule has 0 N–H and O–H groups in total. The van der Waals surface area contributed by atoms with Crippen LogP contribution in [0.15, 0.2) is 15.5 Å². The fourth-order valence-electron chi connectivity index (χ4n) is 1.89. The molecule has 0 radical (unpaired) electrons. The number of hydrogen-bond acceptors (Lipinski definition) is 7. The van der Waals surface area contributed by atoms with Gasteiger partial charge in [-0.15, -0.1) is 5.10 Å². The molecular weight excluding hydrogens is 262 g/mol. The van der Waals surface area contributed by atoms with Crippen LogP contribution in [0.4, 0.5) is 0 Å². The molecule has 9 heteroatoms. The van der Waals surface area contributed by atoms with Gasteiger partial charge >= 0.3 is 0 Å². The summed E-state index contributed by atoms with van der Waals surface area (Å²) in [5, 5.41) is 16.0. The molecule has 0 saturated carbocycles. The number of aromatic nitrogens is 7. The van der Waals surface area contributed by atoms with E-state index in [0.29, 0.717) is 22.7 Å². The SMILES string of the molecule is CCCc1noc(Cn2nnc3c(cnn3C)c2=O)n1. The van der Waals surface area contributed by atoms with Gasteiger partial charge in [-0.25, -0.2) is 9.36 Å². The van der Waals surface area contributed by atoms with E-state index in [1.54, 1.807) is 7.05 Å². The summed E-state index contributed by atoms with van der Waals surface area (Å²) in [7, 11) is 1.70. The molecule has 3 heterocycles. The summed E-state index contributed by atoms with van der Waals surface area (Å²) >= 11 is 0. The Hall–Kier alpha value is -2.58. The molecule has 0 aliphatic carbocycles. The van der Waals surface area contributed by atoms with Gasteiger partial charge < -0.3 is 4.52 Å². The van der Waals surface area contributed by atoms with Crippen LogP contribution < -0.4 is 5.56 Å². The highest BCUT2D eigenvalue weighted by Gasteiger charge is 2.12. The van der Waals surface area contributed by atoms with Crippen LogP contribution in [0, 0.1) is 0 Å². The molecular formula is C11H13N7O2. The van der Waals surface area contributed by atoms with Crippen LogP contribution in [-0.4, -0.2) is 34.9 Å². The van der Waals surface area contributed by atoms with Crippen LogP contribution in [0.5, 0.6) is 0 Å². The minimum absolute atomic E-state index is 0.105. The van der Waals surface area contributed by atoms with E-state index in [-0.39, 0.29) is 12.1 Å². The third kappa shape index (κ3) is 2.06. The predicted molar refractivity (Wildman–Crippen MR) is 68.0 cm³/mol. The zero-order chi connectivity index (χ0) is 14.1. The lowest BCUT2D eigenvalue weighted by atomic mass is 10.3. The fraction of sp³-hybridized carbons (Fsp3) is 0.455. The number of fused-ring (bicyclic) bond motifs is 1. The molecule has 3 aromatic rings. The van der Waals surface area contributed by atoms with Crippen molar-refractivity contribution in [3.63, 3.8) is 0 Å². The second-order valence-electron chi connectivity index (χ2n) is 4.41. The first kappa shape index (κ1) is 12.5. The molecule has 0 atom stereocenters. The van der Waals surface area contributed by atoms with Gasteiger partial charge in [0.05, 0.1) is 6.20 Å². The van der Waals surface area contributed by atoms with E-state index in [4.69, 9.17) is 4.52 Å². The molecule has 104 valence electrons. The van der Waals surface area contributed by atoms with Crippen LogP contribution in [0.2, 0.25) is 0 Å². The summed E-state index contributed by atoms with van der Waals surface area (Å²) in [5.41, 5.74) is 0.168. The smallest absolute Gasteiger partial charge is 0.281 e. The van der Waals surface area contributed by atoms with Gasteiger partial charge in [-0.2, -0.15) is 10.1 Å². The van der Waals surface area contributed by atoms with Crippen LogP contribution in [0.25, 0.3) is 11.0 Å². The predicted octanol–water partition coefficient (Wildman–Crippen LogP) is -0.0912. The molecule has 0 amide bonds. The van der Waals surface area contributed by atoms with Crippen molar-refractivity contribution < 1.29 is 4.52 Å². The van der Waals surface area contributed by atoms with E-state index in [0.717, 1.165) is 12.8 Å². The van der Waals surface area contributed by atoms with Crippen LogP contribution >= 0.6 is 0 Å². The van der Waals surface area contributed by atoms with Crippen LogP contribution in [-0.2, 0) is 20.0 Å². The fourth-order valence-corrected chi connectivity index (χ4v) is 1.89. The summed E-state index contributed by atoms with van der Waals surface area (Å²) < 4.78 is 7.77. The molecule has 9 nitrogen and oxygen atoms in total. The van der Waals surface area contributed by atoms with Crippen molar-refractivity contribution in [1.29, 1.82) is 0 Å². The molecule has 0 aliphatic rings. The second kappa shape index (κ2) is 4.83. The molecule has 20 heavy (non-hydrogen) atoms. The molecule has 0 fully saturated rings. The lowest BCUT2D eigenvalue weighted by Gasteiger charge is -1.99. The Bertz CT molecular complexity index is 801. The molecule has 0 bridgehead atoms. The minimum Gasteiger partial charge on any atom is -0.337 e. The number of aryl methyl sites for hydroxylation is 2. The Balaban J connectivity index is 1.94. The lowest BCUT2D eigenvalue weighted by molar-refractivity contribution is 0.356. The molecule has 0 aliphatic heterocycles. The first-order valence-corrected chi connectivity index (χ1v) is 6.26. The molecule has 0 saturated heterocycles. The molecule has 0 unspecified atom stereocenters. The summed E-state index contributed by atoms with van der Waals surface area (Å²) in [6, 6.07) is 0. The Morgan fingerprint density at radius 1 is 1.40 bits per heavy atom. The first-order valence-electron chi connectivity index (χ1n) is 6.26. The van der Waals surface area contributed by atoms with Crippen LogP contribution in [0.3, 0.4) is 0 Å². The number of hydrogen-bond donors (Lipinski definition) is 0. The van der Waals surface area contributed by atoms with Gasteiger partial charge in [0.1, 0.15) is 11.9 Å². The average molecular weight is 275 g/mol. The van der Waals surface area contributed by atoms with Gasteiger partial charge in [0, 0.05) is 13.5 Å². The van der Waals surface area contributed by atoms with E-state index in [1.165, 1.54) is 15.6 Å². The zero-order valence-electron chi connectivity index (χ0n) is 11.1. The normalized spacial score (nSPS) is 11.3. The highest BCUT2D eigenvalue weighted by atomic mass is 16.5. The van der Waals surface area contributed by atoms with Gasteiger partial charge in [0.25, 0.3) is 5.56 Å². The van der Waals surface area contributed by atoms with Crippen LogP contribution in [0.1, 0.15) is 25.1 Å². The maximum Gasteiger partial charge on any atom is 0.281 e. The van der Waals surface area contributed by atoms with Gasteiger partial charge in [-0.3, -0.25) is 4.79 Å². The van der Waals surface area contributed by atoms with E-state index in [1.807, 2.05) is 6.92 Å². The Labute approximate surface area is 113 Å². The Kier molecular flexibility index (Phi) is 3.01. The standard InChI is InChI=1S/C11H13N7O2/c1-3-4-8-13-9(20-15-8)6-18-11(19)7-5-12-17(2)10(7)14-16-18/h5H,3-4,6H2,1-2H3. The van der Waals surface area contributed by atoms with E-state index < -0.39 is 0 Å². The second-order valence-corrected chi connectivity index (χ2v) is 4.41. The molecule has 0 spiro atoms. The summed E-state index contributed by atoms with van der Waals surface area (Å²) in [6.45, 7) is 2.13. The molecule has 3 rings (SSSR count). The minimum atomic E-state index is -0.279. The first-order chi connectivity index (χ1) is 9.69. The van der Waals surface area contributed by atoms with Gasteiger partial charge in [0.2, 0.25) is 5.89 Å². The van der Waals surface area contributed by atoms with Gasteiger partial charge in [-0.05, 0) is 6.42 Å². The molecule has 0 aromatic carbocycles. The lowest BCUT2D eigenvalue weighted by Crippen LogP contribution is -2.24. The number of nitrogens with zero attached hydrogens (tertiary/aromatic N) is 7. The quantitative estimate of drug-likeness (QED) is 0.655. The van der Waals surface area contributed by atoms with E-state index in [9.17, 15) is 4.79 Å². The highest BCUT2D eigenvalue weighted by Crippen LogP contribution is 2.04. The largest absolute Gasteiger partial charge is 0.337 e. The van der Waals surface area contributed by atoms with Crippen molar-refractivity contribution in [2.45, 2.75) is 26.3 Å². The van der Waals surface area contributed by atoms with E-state index >= 15 is 0 Å². The average Bonchev–Trinajstić information content (AvgIpc) is 3.02. The van der Waals surface area contributed by atoms with Crippen molar-refractivity contribution in [1.82, 2.24) is 34.9 Å². The number of rotatable bonds is 4. The summed E-state index contributed by atoms with van der Waals surface area (Å²) in [4.78, 5) is 16.4. The summed E-state index contributed by atoms with van der Waals surface area (Å²) in [6.07, 6.45) is 3.14. The third-order valence-electron chi connectivity index (χ3n) is 2.89. The Morgan fingerprint density at radius 3 is 3.05 bits per heavy atom.